The maximum absolute atomic E-state index is 5.82. The Balaban J connectivity index is 2.14. The predicted octanol–water partition coefficient (Wildman–Crippen LogP) is 3.38. The molecule has 2 atom stereocenters. The largest absolute Gasteiger partial charge is 0.372 e. The summed E-state index contributed by atoms with van der Waals surface area (Å²) < 4.78 is 5.82. The Morgan fingerprint density at radius 1 is 1.33 bits per heavy atom. The fraction of sp³-hybridized carbons (Fsp3) is 0.812. The second kappa shape index (κ2) is 7.56. The van der Waals surface area contributed by atoms with Gasteiger partial charge in [0.2, 0.25) is 0 Å². The molecule has 1 aliphatic rings. The number of nitrogens with one attached hydrogen (secondary N) is 1. The fourth-order valence-corrected chi connectivity index (χ4v) is 3.98. The van der Waals surface area contributed by atoms with Crippen LogP contribution in [0.4, 0.5) is 5.13 Å². The zero-order valence-electron chi connectivity index (χ0n) is 14.0. The van der Waals surface area contributed by atoms with E-state index in [1.165, 1.54) is 17.0 Å². The Morgan fingerprint density at radius 3 is 2.57 bits per heavy atom. The lowest BCUT2D eigenvalue weighted by molar-refractivity contribution is -0.00523. The van der Waals surface area contributed by atoms with Gasteiger partial charge in [-0.3, -0.25) is 0 Å². The van der Waals surface area contributed by atoms with Gasteiger partial charge in [-0.1, -0.05) is 20.8 Å². The van der Waals surface area contributed by atoms with E-state index in [-0.39, 0.29) is 12.2 Å². The van der Waals surface area contributed by atoms with Gasteiger partial charge in [-0.05, 0) is 32.7 Å². The average molecular weight is 311 g/mol. The molecule has 1 aromatic rings. The SMILES string of the molecule is CCCNCc1sc(N2C[C@@H](C)O[C@@H](C)C2)nc1C(C)C. The number of hydrogen-bond acceptors (Lipinski definition) is 5. The molecule has 120 valence electrons. The van der Waals surface area contributed by atoms with Crippen molar-refractivity contribution in [1.82, 2.24) is 10.3 Å². The Kier molecular flexibility index (Phi) is 6.02. The summed E-state index contributed by atoms with van der Waals surface area (Å²) in [5, 5.41) is 4.67. The van der Waals surface area contributed by atoms with Crippen molar-refractivity contribution in [2.75, 3.05) is 24.5 Å². The van der Waals surface area contributed by atoms with Gasteiger partial charge in [0.05, 0.1) is 17.9 Å². The number of hydrogen-bond donors (Lipinski definition) is 1. The number of morpholine rings is 1. The number of nitrogens with zero attached hydrogens (tertiary/aromatic N) is 2. The van der Waals surface area contributed by atoms with Crippen LogP contribution in [0.15, 0.2) is 0 Å². The Labute approximate surface area is 132 Å². The molecule has 0 bridgehead atoms. The van der Waals surface area contributed by atoms with Gasteiger partial charge in [-0.15, -0.1) is 11.3 Å². The average Bonchev–Trinajstić information content (AvgIpc) is 2.82. The number of aromatic nitrogens is 1. The van der Waals surface area contributed by atoms with Crippen LogP contribution >= 0.6 is 11.3 Å². The van der Waals surface area contributed by atoms with Gasteiger partial charge in [0.15, 0.2) is 5.13 Å². The van der Waals surface area contributed by atoms with Gasteiger partial charge in [-0.25, -0.2) is 4.98 Å². The molecule has 1 saturated heterocycles. The van der Waals surface area contributed by atoms with Gasteiger partial charge >= 0.3 is 0 Å². The third-order valence-corrected chi connectivity index (χ3v) is 4.80. The molecule has 1 aliphatic heterocycles. The second-order valence-corrected chi connectivity index (χ2v) is 7.36. The summed E-state index contributed by atoms with van der Waals surface area (Å²) in [7, 11) is 0. The maximum atomic E-state index is 5.82. The van der Waals surface area contributed by atoms with E-state index in [1.807, 2.05) is 11.3 Å². The van der Waals surface area contributed by atoms with E-state index >= 15 is 0 Å². The second-order valence-electron chi connectivity index (χ2n) is 6.30. The number of anilines is 1. The van der Waals surface area contributed by atoms with Crippen molar-refractivity contribution in [3.63, 3.8) is 0 Å². The van der Waals surface area contributed by atoms with Crippen LogP contribution in [0.3, 0.4) is 0 Å². The summed E-state index contributed by atoms with van der Waals surface area (Å²) in [5.41, 5.74) is 1.26. The summed E-state index contributed by atoms with van der Waals surface area (Å²) in [6, 6.07) is 0. The van der Waals surface area contributed by atoms with Crippen LogP contribution in [0.2, 0.25) is 0 Å². The minimum absolute atomic E-state index is 0.279. The van der Waals surface area contributed by atoms with Crippen molar-refractivity contribution in [3.8, 4) is 0 Å². The highest BCUT2D eigenvalue weighted by Gasteiger charge is 2.26. The minimum atomic E-state index is 0.279. The van der Waals surface area contributed by atoms with Crippen LogP contribution in [0.25, 0.3) is 0 Å². The standard InChI is InChI=1S/C16H29N3OS/c1-6-7-17-8-14-15(11(2)3)18-16(21-14)19-9-12(4)20-13(5)10-19/h11-13,17H,6-10H2,1-5H3/t12-,13+. The first-order valence-corrected chi connectivity index (χ1v) is 8.93. The predicted molar refractivity (Wildman–Crippen MR) is 90.4 cm³/mol. The first kappa shape index (κ1) is 16.7. The monoisotopic (exact) mass is 311 g/mol. The van der Waals surface area contributed by atoms with Crippen LogP contribution in [0.1, 0.15) is 57.5 Å². The van der Waals surface area contributed by atoms with Crippen molar-refractivity contribution in [1.29, 1.82) is 0 Å². The summed E-state index contributed by atoms with van der Waals surface area (Å²) in [6.07, 6.45) is 1.73. The molecule has 4 nitrogen and oxygen atoms in total. The van der Waals surface area contributed by atoms with E-state index in [0.29, 0.717) is 5.92 Å². The maximum Gasteiger partial charge on any atom is 0.186 e. The molecule has 2 heterocycles. The van der Waals surface area contributed by atoms with Crippen LogP contribution in [-0.2, 0) is 11.3 Å². The Hall–Kier alpha value is -0.650. The molecule has 0 aliphatic carbocycles. The van der Waals surface area contributed by atoms with Crippen LogP contribution in [0, 0.1) is 0 Å². The molecule has 2 rings (SSSR count). The molecule has 1 N–H and O–H groups in total. The van der Waals surface area contributed by atoms with Crippen LogP contribution in [0.5, 0.6) is 0 Å². The van der Waals surface area contributed by atoms with E-state index in [0.717, 1.165) is 31.3 Å². The fourth-order valence-electron chi connectivity index (χ4n) is 2.78. The third kappa shape index (κ3) is 4.41. The van der Waals surface area contributed by atoms with Gasteiger partial charge < -0.3 is 15.0 Å². The van der Waals surface area contributed by atoms with Crippen LogP contribution in [-0.4, -0.2) is 36.8 Å². The normalized spacial score (nSPS) is 23.0. The van der Waals surface area contributed by atoms with Crippen molar-refractivity contribution in [2.24, 2.45) is 0 Å². The van der Waals surface area contributed by atoms with E-state index < -0.39 is 0 Å². The third-order valence-electron chi connectivity index (χ3n) is 3.67. The highest BCUT2D eigenvalue weighted by atomic mass is 32.1. The molecule has 0 amide bonds. The summed E-state index contributed by atoms with van der Waals surface area (Å²) >= 11 is 1.85. The summed E-state index contributed by atoms with van der Waals surface area (Å²) in [4.78, 5) is 8.71. The Bertz CT molecular complexity index is 437. The number of rotatable bonds is 6. The molecule has 0 spiro atoms. The molecular formula is C16H29N3OS. The number of thiazole rings is 1. The van der Waals surface area contributed by atoms with Crippen molar-refractivity contribution in [2.45, 2.75) is 65.7 Å². The summed E-state index contributed by atoms with van der Waals surface area (Å²) in [5.74, 6) is 0.476. The molecular weight excluding hydrogens is 282 g/mol. The molecule has 1 fully saturated rings. The molecule has 0 radical (unpaired) electrons. The number of ether oxygens (including phenoxy) is 1. The van der Waals surface area contributed by atoms with Gasteiger partial charge in [0.1, 0.15) is 0 Å². The lowest BCUT2D eigenvalue weighted by Crippen LogP contribution is -2.45. The zero-order chi connectivity index (χ0) is 15.4. The van der Waals surface area contributed by atoms with Crippen molar-refractivity contribution >= 4 is 16.5 Å². The first-order chi connectivity index (χ1) is 10.0. The lowest BCUT2D eigenvalue weighted by atomic mass is 10.1. The van der Waals surface area contributed by atoms with E-state index in [2.05, 4.69) is 44.8 Å². The Morgan fingerprint density at radius 2 is 2.00 bits per heavy atom. The summed E-state index contributed by atoms with van der Waals surface area (Å²) in [6.45, 7) is 14.8. The van der Waals surface area contributed by atoms with E-state index in [1.54, 1.807) is 0 Å². The highest BCUT2D eigenvalue weighted by molar-refractivity contribution is 7.15. The van der Waals surface area contributed by atoms with Crippen molar-refractivity contribution < 1.29 is 4.74 Å². The smallest absolute Gasteiger partial charge is 0.186 e. The minimum Gasteiger partial charge on any atom is -0.372 e. The van der Waals surface area contributed by atoms with E-state index in [4.69, 9.17) is 9.72 Å². The van der Waals surface area contributed by atoms with Crippen LogP contribution < -0.4 is 10.2 Å². The molecule has 0 aromatic carbocycles. The first-order valence-electron chi connectivity index (χ1n) is 8.12. The molecule has 21 heavy (non-hydrogen) atoms. The van der Waals surface area contributed by atoms with E-state index in [9.17, 15) is 0 Å². The zero-order valence-corrected chi connectivity index (χ0v) is 14.8. The van der Waals surface area contributed by atoms with Gasteiger partial charge in [0, 0.05) is 24.5 Å². The van der Waals surface area contributed by atoms with Gasteiger partial charge in [0.25, 0.3) is 0 Å². The quantitative estimate of drug-likeness (QED) is 0.817. The van der Waals surface area contributed by atoms with Gasteiger partial charge in [-0.2, -0.15) is 0 Å². The highest BCUT2D eigenvalue weighted by Crippen LogP contribution is 2.32. The topological polar surface area (TPSA) is 37.4 Å². The molecule has 5 heteroatoms. The molecule has 0 saturated carbocycles. The molecule has 0 unspecified atom stereocenters. The van der Waals surface area contributed by atoms with Crippen molar-refractivity contribution in [3.05, 3.63) is 10.6 Å². The lowest BCUT2D eigenvalue weighted by Gasteiger charge is -2.35. The molecule has 1 aromatic heterocycles.